The molecule has 10 nitrogen and oxygen atoms in total. The number of anilines is 1. The molecule has 2 aromatic rings. The average molecular weight is 522 g/mol. The molecule has 0 unspecified atom stereocenters. The van der Waals surface area contributed by atoms with Gasteiger partial charge in [-0.3, -0.25) is 14.7 Å². The molecule has 0 radical (unpaired) electrons. The molecule has 4 amide bonds. The van der Waals surface area contributed by atoms with Gasteiger partial charge in [-0.05, 0) is 65.3 Å². The van der Waals surface area contributed by atoms with Crippen molar-refractivity contribution in [2.75, 3.05) is 26.0 Å². The number of carbonyl (C=O) groups excluding carboxylic acids is 3. The Hall–Kier alpha value is -3.66. The minimum Gasteiger partial charge on any atom is -0.350 e. The number of urea groups is 1. The van der Waals surface area contributed by atoms with Gasteiger partial charge in [0, 0.05) is 24.1 Å². The van der Waals surface area contributed by atoms with Crippen LogP contribution in [-0.4, -0.2) is 64.5 Å². The number of carbonyl (C=O) groups is 3. The lowest BCUT2D eigenvalue weighted by atomic mass is 9.85. The summed E-state index contributed by atoms with van der Waals surface area (Å²) in [5, 5.41) is 16.6. The van der Waals surface area contributed by atoms with Gasteiger partial charge in [0.15, 0.2) is 5.82 Å². The van der Waals surface area contributed by atoms with Crippen LogP contribution in [-0.2, 0) is 21.7 Å². The van der Waals surface area contributed by atoms with Crippen molar-refractivity contribution >= 4 is 23.7 Å². The molecule has 0 saturated heterocycles. The minimum atomic E-state index is -0.629. The molecule has 1 atom stereocenters. The van der Waals surface area contributed by atoms with Crippen molar-refractivity contribution in [2.45, 2.75) is 63.7 Å². The van der Waals surface area contributed by atoms with Gasteiger partial charge in [-0.1, -0.05) is 36.9 Å². The van der Waals surface area contributed by atoms with E-state index in [1.54, 1.807) is 4.90 Å². The van der Waals surface area contributed by atoms with Crippen LogP contribution in [0.25, 0.3) is 0 Å². The first-order valence-corrected chi connectivity index (χ1v) is 13.2. The van der Waals surface area contributed by atoms with Gasteiger partial charge >= 0.3 is 6.03 Å². The van der Waals surface area contributed by atoms with E-state index in [-0.39, 0.29) is 35.8 Å². The number of rotatable bonds is 8. The van der Waals surface area contributed by atoms with E-state index in [1.165, 1.54) is 6.08 Å². The van der Waals surface area contributed by atoms with Gasteiger partial charge in [-0.15, -0.1) is 0 Å². The maximum absolute atomic E-state index is 13.5. The zero-order valence-electron chi connectivity index (χ0n) is 22.7. The molecule has 1 saturated carbocycles. The topological polar surface area (TPSA) is 122 Å². The lowest BCUT2D eigenvalue weighted by Gasteiger charge is -2.34. The fourth-order valence-electron chi connectivity index (χ4n) is 5.44. The SMILES string of the molecule is C=CC(=O)N[C@H]1CC[C@H](C(=O)Nc2n[nH]c3c2CN(C(=O)N[C@H](CN(C)C)c2ccccc2)C3(C)C)CC1. The number of benzene rings is 1. The van der Waals surface area contributed by atoms with Crippen LogP contribution in [0.2, 0.25) is 0 Å². The van der Waals surface area contributed by atoms with Crippen molar-refractivity contribution in [1.82, 2.24) is 30.6 Å². The number of nitrogens with one attached hydrogen (secondary N) is 4. The molecule has 0 spiro atoms. The predicted molar refractivity (Wildman–Crippen MR) is 146 cm³/mol. The van der Waals surface area contributed by atoms with Crippen LogP contribution in [0.3, 0.4) is 0 Å². The van der Waals surface area contributed by atoms with E-state index in [9.17, 15) is 14.4 Å². The molecule has 204 valence electrons. The second-order valence-corrected chi connectivity index (χ2v) is 11.0. The summed E-state index contributed by atoms with van der Waals surface area (Å²) in [5.41, 5.74) is 2.06. The molecule has 1 aliphatic carbocycles. The summed E-state index contributed by atoms with van der Waals surface area (Å²) < 4.78 is 0. The molecule has 38 heavy (non-hydrogen) atoms. The Morgan fingerprint density at radius 2 is 1.87 bits per heavy atom. The van der Waals surface area contributed by atoms with Crippen LogP contribution < -0.4 is 16.0 Å². The summed E-state index contributed by atoms with van der Waals surface area (Å²) in [6, 6.07) is 9.67. The summed E-state index contributed by atoms with van der Waals surface area (Å²) >= 11 is 0. The summed E-state index contributed by atoms with van der Waals surface area (Å²) in [6.07, 6.45) is 4.13. The van der Waals surface area contributed by atoms with E-state index < -0.39 is 5.54 Å². The Kier molecular flexibility index (Phi) is 8.20. The highest BCUT2D eigenvalue weighted by atomic mass is 16.2. The van der Waals surface area contributed by atoms with Gasteiger partial charge in [0.05, 0.1) is 23.8 Å². The smallest absolute Gasteiger partial charge is 0.319 e. The average Bonchev–Trinajstić information content (AvgIpc) is 3.41. The van der Waals surface area contributed by atoms with Crippen LogP contribution >= 0.6 is 0 Å². The fourth-order valence-corrected chi connectivity index (χ4v) is 5.44. The molecular formula is C28H39N7O3. The van der Waals surface area contributed by atoms with Gasteiger partial charge in [0.1, 0.15) is 0 Å². The molecule has 1 aliphatic heterocycles. The molecule has 2 heterocycles. The van der Waals surface area contributed by atoms with Gasteiger partial charge in [-0.2, -0.15) is 5.10 Å². The third kappa shape index (κ3) is 5.91. The van der Waals surface area contributed by atoms with E-state index >= 15 is 0 Å². The van der Waals surface area contributed by atoms with Crippen LogP contribution in [0.1, 0.15) is 62.4 Å². The van der Waals surface area contributed by atoms with E-state index in [0.29, 0.717) is 31.7 Å². The zero-order chi connectivity index (χ0) is 27.4. The first-order chi connectivity index (χ1) is 18.1. The monoisotopic (exact) mass is 521 g/mol. The van der Waals surface area contributed by atoms with Crippen LogP contribution in [0.15, 0.2) is 43.0 Å². The Labute approximate surface area is 224 Å². The number of nitrogens with zero attached hydrogens (tertiary/aromatic N) is 3. The number of H-pyrrole nitrogens is 1. The van der Waals surface area contributed by atoms with Crippen LogP contribution in [0, 0.1) is 5.92 Å². The predicted octanol–water partition coefficient (Wildman–Crippen LogP) is 3.27. The number of fused-ring (bicyclic) bond motifs is 1. The first kappa shape index (κ1) is 27.4. The van der Waals surface area contributed by atoms with Crippen molar-refractivity contribution < 1.29 is 14.4 Å². The van der Waals surface area contributed by atoms with Crippen LogP contribution in [0.4, 0.5) is 10.6 Å². The van der Waals surface area contributed by atoms with E-state index in [2.05, 4.69) is 32.7 Å². The van der Waals surface area contributed by atoms with Crippen molar-refractivity contribution in [3.8, 4) is 0 Å². The number of aromatic nitrogens is 2. The maximum Gasteiger partial charge on any atom is 0.319 e. The fraction of sp³-hybridized carbons (Fsp3) is 0.500. The molecule has 0 bridgehead atoms. The third-order valence-corrected chi connectivity index (χ3v) is 7.63. The summed E-state index contributed by atoms with van der Waals surface area (Å²) in [5.74, 6) is 0.0655. The number of likely N-dealkylation sites (N-methyl/N-ethyl adjacent to an activating group) is 1. The van der Waals surface area contributed by atoms with Gasteiger partial charge in [0.2, 0.25) is 11.8 Å². The lowest BCUT2D eigenvalue weighted by Crippen LogP contribution is -2.48. The standard InChI is InChI=1S/C28H39N7O3/c1-6-23(36)29-20-14-12-19(13-15-20)26(37)31-25-21-16-35(28(2,3)24(21)32-33-25)27(38)30-22(17-34(4)5)18-10-8-7-9-11-18/h6-11,19-20,22H,1,12-17H2,2-5H3,(H,29,36)(H,30,38)(H2,31,32,33,37)/t19-,20-,22-/m1/s1. The Morgan fingerprint density at radius 1 is 1.18 bits per heavy atom. The number of hydrogen-bond donors (Lipinski definition) is 4. The van der Waals surface area contributed by atoms with E-state index in [0.717, 1.165) is 29.7 Å². The molecular weight excluding hydrogens is 482 g/mol. The molecule has 1 fully saturated rings. The second-order valence-electron chi connectivity index (χ2n) is 11.0. The quantitative estimate of drug-likeness (QED) is 0.397. The first-order valence-electron chi connectivity index (χ1n) is 13.2. The summed E-state index contributed by atoms with van der Waals surface area (Å²) in [6.45, 7) is 8.44. The highest BCUT2D eigenvalue weighted by molar-refractivity contribution is 5.93. The maximum atomic E-state index is 13.5. The molecule has 4 N–H and O–H groups in total. The van der Waals surface area contributed by atoms with Gasteiger partial charge in [0.25, 0.3) is 0 Å². The normalized spacial score (nSPS) is 20.9. The third-order valence-electron chi connectivity index (χ3n) is 7.63. The number of hydrogen-bond acceptors (Lipinski definition) is 5. The van der Waals surface area contributed by atoms with Crippen molar-refractivity contribution in [1.29, 1.82) is 0 Å². The number of aromatic amines is 1. The lowest BCUT2D eigenvalue weighted by molar-refractivity contribution is -0.121. The Morgan fingerprint density at radius 3 is 2.50 bits per heavy atom. The van der Waals surface area contributed by atoms with Gasteiger partial charge in [-0.25, -0.2) is 4.79 Å². The number of amides is 4. The molecule has 4 rings (SSSR count). The van der Waals surface area contributed by atoms with Gasteiger partial charge < -0.3 is 25.8 Å². The summed E-state index contributed by atoms with van der Waals surface area (Å²) in [7, 11) is 3.97. The minimum absolute atomic E-state index is 0.0688. The zero-order valence-corrected chi connectivity index (χ0v) is 22.7. The van der Waals surface area contributed by atoms with Crippen molar-refractivity contribution in [3.05, 3.63) is 59.8 Å². The molecule has 1 aromatic heterocycles. The van der Waals surface area contributed by atoms with Crippen LogP contribution in [0.5, 0.6) is 0 Å². The Balaban J connectivity index is 1.41. The second kappa shape index (κ2) is 11.4. The largest absolute Gasteiger partial charge is 0.350 e. The highest BCUT2D eigenvalue weighted by Gasteiger charge is 2.44. The molecule has 2 aliphatic rings. The van der Waals surface area contributed by atoms with Crippen molar-refractivity contribution in [3.63, 3.8) is 0 Å². The molecule has 10 heteroatoms. The highest BCUT2D eigenvalue weighted by Crippen LogP contribution is 2.41. The summed E-state index contributed by atoms with van der Waals surface area (Å²) in [4.78, 5) is 42.0. The van der Waals surface area contributed by atoms with E-state index in [4.69, 9.17) is 0 Å². The van der Waals surface area contributed by atoms with E-state index in [1.807, 2.05) is 63.2 Å². The Bertz CT molecular complexity index is 1170. The molecule has 1 aromatic carbocycles. The van der Waals surface area contributed by atoms with Crippen molar-refractivity contribution in [2.24, 2.45) is 5.92 Å².